The van der Waals surface area contributed by atoms with Crippen molar-refractivity contribution in [2.45, 2.75) is 32.0 Å². The number of hydrogen-bond donors (Lipinski definition) is 1. The third-order valence-corrected chi connectivity index (χ3v) is 3.83. The fourth-order valence-corrected chi connectivity index (χ4v) is 2.65. The van der Waals surface area contributed by atoms with Crippen molar-refractivity contribution < 1.29 is 27.5 Å². The van der Waals surface area contributed by atoms with Gasteiger partial charge in [-0.15, -0.1) is 13.2 Å². The maximum absolute atomic E-state index is 12.1. The van der Waals surface area contributed by atoms with Crippen LogP contribution in [0, 0.1) is 5.92 Å². The number of ether oxygens (including phenoxy) is 1. The van der Waals surface area contributed by atoms with Crippen LogP contribution in [0.5, 0.6) is 5.75 Å². The SMILES string of the molecule is CN1CCCCC(CC(=O)Nc2ccc(OC(F)(F)F)cc2)C1=O. The minimum Gasteiger partial charge on any atom is -0.406 e. The van der Waals surface area contributed by atoms with Crippen LogP contribution in [0.1, 0.15) is 25.7 Å². The fraction of sp³-hybridized carbons (Fsp3) is 0.500. The van der Waals surface area contributed by atoms with Crippen LogP contribution in [0.2, 0.25) is 0 Å². The fourth-order valence-electron chi connectivity index (χ4n) is 2.65. The van der Waals surface area contributed by atoms with E-state index in [1.54, 1.807) is 11.9 Å². The predicted molar refractivity (Wildman–Crippen MR) is 81.3 cm³/mol. The molecule has 1 N–H and O–H groups in total. The molecule has 1 aromatic carbocycles. The summed E-state index contributed by atoms with van der Waals surface area (Å²) in [4.78, 5) is 25.8. The van der Waals surface area contributed by atoms with Gasteiger partial charge in [0.2, 0.25) is 11.8 Å². The molecule has 0 aliphatic carbocycles. The highest BCUT2D eigenvalue weighted by Crippen LogP contribution is 2.25. The van der Waals surface area contributed by atoms with Gasteiger partial charge in [0.05, 0.1) is 0 Å². The van der Waals surface area contributed by atoms with Crippen LogP contribution >= 0.6 is 0 Å². The molecule has 132 valence electrons. The van der Waals surface area contributed by atoms with E-state index in [1.807, 2.05) is 0 Å². The number of carbonyl (C=O) groups is 2. The van der Waals surface area contributed by atoms with E-state index in [9.17, 15) is 22.8 Å². The van der Waals surface area contributed by atoms with Crippen molar-refractivity contribution in [3.8, 4) is 5.75 Å². The standard InChI is InChI=1S/C16H19F3N2O3/c1-21-9-3-2-4-11(15(21)23)10-14(22)20-12-5-7-13(8-6-12)24-16(17,18)19/h5-8,11H,2-4,9-10H2,1H3,(H,20,22). The monoisotopic (exact) mass is 344 g/mol. The van der Waals surface area contributed by atoms with Crippen molar-refractivity contribution in [3.63, 3.8) is 0 Å². The first-order valence-electron chi connectivity index (χ1n) is 7.65. The summed E-state index contributed by atoms with van der Waals surface area (Å²) < 4.78 is 40.0. The Kier molecular flexibility index (Phi) is 5.69. The van der Waals surface area contributed by atoms with E-state index in [0.717, 1.165) is 25.0 Å². The highest BCUT2D eigenvalue weighted by molar-refractivity contribution is 5.94. The molecule has 1 aliphatic heterocycles. The molecule has 8 heteroatoms. The number of nitrogens with zero attached hydrogens (tertiary/aromatic N) is 1. The number of nitrogens with one attached hydrogen (secondary N) is 1. The quantitative estimate of drug-likeness (QED) is 0.913. The molecule has 2 rings (SSSR count). The lowest BCUT2D eigenvalue weighted by atomic mass is 9.98. The van der Waals surface area contributed by atoms with Crippen molar-refractivity contribution in [1.29, 1.82) is 0 Å². The largest absolute Gasteiger partial charge is 0.573 e. The van der Waals surface area contributed by atoms with E-state index >= 15 is 0 Å². The third-order valence-electron chi connectivity index (χ3n) is 3.83. The summed E-state index contributed by atoms with van der Waals surface area (Å²) in [5.74, 6) is -1.10. The number of anilines is 1. The topological polar surface area (TPSA) is 58.6 Å². The zero-order valence-corrected chi connectivity index (χ0v) is 13.2. The molecule has 0 aromatic heterocycles. The molecule has 1 heterocycles. The van der Waals surface area contributed by atoms with Crippen molar-refractivity contribution in [2.24, 2.45) is 5.92 Å². The van der Waals surface area contributed by atoms with Crippen LogP contribution in [0.15, 0.2) is 24.3 Å². The minimum atomic E-state index is -4.75. The molecular weight excluding hydrogens is 325 g/mol. The van der Waals surface area contributed by atoms with Gasteiger partial charge in [0, 0.05) is 31.6 Å². The first-order valence-corrected chi connectivity index (χ1v) is 7.65. The van der Waals surface area contributed by atoms with E-state index in [2.05, 4.69) is 10.1 Å². The second-order valence-electron chi connectivity index (χ2n) is 5.78. The molecule has 1 unspecified atom stereocenters. The van der Waals surface area contributed by atoms with Gasteiger partial charge in [0.15, 0.2) is 0 Å². The number of carbonyl (C=O) groups excluding carboxylic acids is 2. The van der Waals surface area contributed by atoms with Crippen LogP contribution in [-0.4, -0.2) is 36.7 Å². The molecule has 1 aromatic rings. The molecular formula is C16H19F3N2O3. The van der Waals surface area contributed by atoms with Crippen molar-refractivity contribution >= 4 is 17.5 Å². The maximum Gasteiger partial charge on any atom is 0.573 e. The molecule has 0 radical (unpaired) electrons. The number of benzene rings is 1. The summed E-state index contributed by atoms with van der Waals surface area (Å²) in [6.07, 6.45) is -2.23. The van der Waals surface area contributed by atoms with Crippen LogP contribution in [-0.2, 0) is 9.59 Å². The molecule has 1 saturated heterocycles. The van der Waals surface area contributed by atoms with Gasteiger partial charge in [-0.2, -0.15) is 0 Å². The lowest BCUT2D eigenvalue weighted by Crippen LogP contribution is -2.33. The first kappa shape index (κ1) is 18.1. The number of likely N-dealkylation sites (tertiary alicyclic amines) is 1. The number of halogens is 3. The van der Waals surface area contributed by atoms with Crippen molar-refractivity contribution in [2.75, 3.05) is 18.9 Å². The van der Waals surface area contributed by atoms with Gasteiger partial charge in [-0.3, -0.25) is 9.59 Å². The smallest absolute Gasteiger partial charge is 0.406 e. The van der Waals surface area contributed by atoms with Gasteiger partial charge in [0.25, 0.3) is 0 Å². The Morgan fingerprint density at radius 2 is 1.96 bits per heavy atom. The second-order valence-corrected chi connectivity index (χ2v) is 5.78. The zero-order valence-electron chi connectivity index (χ0n) is 13.2. The first-order chi connectivity index (χ1) is 11.2. The van der Waals surface area contributed by atoms with E-state index in [-0.39, 0.29) is 29.9 Å². The Morgan fingerprint density at radius 3 is 2.58 bits per heavy atom. The lowest BCUT2D eigenvalue weighted by molar-refractivity contribution is -0.274. The summed E-state index contributed by atoms with van der Waals surface area (Å²) in [6.45, 7) is 0.692. The van der Waals surface area contributed by atoms with E-state index in [0.29, 0.717) is 18.7 Å². The highest BCUT2D eigenvalue weighted by Gasteiger charge is 2.31. The summed E-state index contributed by atoms with van der Waals surface area (Å²) >= 11 is 0. The van der Waals surface area contributed by atoms with Gasteiger partial charge in [-0.25, -0.2) is 0 Å². The van der Waals surface area contributed by atoms with Crippen LogP contribution < -0.4 is 10.1 Å². The summed E-state index contributed by atoms with van der Waals surface area (Å²) in [5, 5.41) is 2.59. The Morgan fingerprint density at radius 1 is 1.29 bits per heavy atom. The van der Waals surface area contributed by atoms with E-state index in [1.165, 1.54) is 12.1 Å². The van der Waals surface area contributed by atoms with Crippen molar-refractivity contribution in [1.82, 2.24) is 4.90 Å². The molecule has 0 bridgehead atoms. The van der Waals surface area contributed by atoms with Gasteiger partial charge in [-0.1, -0.05) is 6.42 Å². The maximum atomic E-state index is 12.1. The van der Waals surface area contributed by atoms with Gasteiger partial charge < -0.3 is 15.0 Å². The number of hydrogen-bond acceptors (Lipinski definition) is 3. The highest BCUT2D eigenvalue weighted by atomic mass is 19.4. The molecule has 5 nitrogen and oxygen atoms in total. The molecule has 0 spiro atoms. The number of alkyl halides is 3. The van der Waals surface area contributed by atoms with Crippen molar-refractivity contribution in [3.05, 3.63) is 24.3 Å². The Labute approximate surface area is 137 Å². The summed E-state index contributed by atoms with van der Waals surface area (Å²) in [7, 11) is 1.72. The van der Waals surface area contributed by atoms with E-state index < -0.39 is 6.36 Å². The molecule has 0 saturated carbocycles. The number of rotatable bonds is 4. The van der Waals surface area contributed by atoms with E-state index in [4.69, 9.17) is 0 Å². The number of amides is 2. The van der Waals surface area contributed by atoms with Crippen LogP contribution in [0.4, 0.5) is 18.9 Å². The molecule has 1 atom stereocenters. The summed E-state index contributed by atoms with van der Waals surface area (Å²) in [6, 6.07) is 4.88. The predicted octanol–water partition coefficient (Wildman–Crippen LogP) is 3.17. The molecule has 1 fully saturated rings. The lowest BCUT2D eigenvalue weighted by Gasteiger charge is -2.19. The summed E-state index contributed by atoms with van der Waals surface area (Å²) in [5.41, 5.74) is 0.351. The zero-order chi connectivity index (χ0) is 17.7. The average Bonchev–Trinajstić information content (AvgIpc) is 2.63. The Hall–Kier alpha value is -2.25. The van der Waals surface area contributed by atoms with Gasteiger partial charge >= 0.3 is 6.36 Å². The van der Waals surface area contributed by atoms with Gasteiger partial charge in [0.1, 0.15) is 5.75 Å². The van der Waals surface area contributed by atoms with Gasteiger partial charge in [-0.05, 0) is 37.1 Å². The minimum absolute atomic E-state index is 0.0448. The normalized spacial score (nSPS) is 18.9. The Bertz CT molecular complexity index is 587. The molecule has 1 aliphatic rings. The van der Waals surface area contributed by atoms with Crippen LogP contribution in [0.3, 0.4) is 0 Å². The van der Waals surface area contributed by atoms with Crippen LogP contribution in [0.25, 0.3) is 0 Å². The third kappa shape index (κ3) is 5.43. The Balaban J connectivity index is 1.91. The molecule has 24 heavy (non-hydrogen) atoms. The second kappa shape index (κ2) is 7.55. The average molecular weight is 344 g/mol. The molecule has 2 amide bonds.